The summed E-state index contributed by atoms with van der Waals surface area (Å²) in [7, 11) is 0. The van der Waals surface area contributed by atoms with Gasteiger partial charge in [-0.15, -0.1) is 11.8 Å². The number of benzene rings is 1. The topological polar surface area (TPSA) is 32.3 Å². The van der Waals surface area contributed by atoms with Gasteiger partial charge in [-0.1, -0.05) is 18.2 Å². The van der Waals surface area contributed by atoms with Gasteiger partial charge in [-0.05, 0) is 50.4 Å². The van der Waals surface area contributed by atoms with Crippen molar-refractivity contribution in [3.8, 4) is 0 Å². The Morgan fingerprint density at radius 3 is 2.71 bits per heavy atom. The van der Waals surface area contributed by atoms with E-state index < -0.39 is 0 Å². The molecule has 2 fully saturated rings. The number of thioether (sulfide) groups is 1. The molecule has 2 aliphatic heterocycles. The second kappa shape index (κ2) is 7.32. The van der Waals surface area contributed by atoms with Crippen molar-refractivity contribution in [2.75, 3.05) is 31.9 Å². The highest BCUT2D eigenvalue weighted by atomic mass is 32.2. The molecule has 1 atom stereocenters. The summed E-state index contributed by atoms with van der Waals surface area (Å²) in [6, 6.07) is 10.6. The number of carbonyl (C=O) groups is 1. The number of rotatable bonds is 4. The third-order valence-corrected chi connectivity index (χ3v) is 5.76. The number of nitrogens with zero attached hydrogens (tertiary/aromatic N) is 1. The van der Waals surface area contributed by atoms with Gasteiger partial charge in [-0.25, -0.2) is 0 Å². The molecule has 3 rings (SSSR count). The molecule has 0 bridgehead atoms. The first-order valence-corrected chi connectivity index (χ1v) is 8.99. The molecule has 21 heavy (non-hydrogen) atoms. The number of hydrogen-bond acceptors (Lipinski definition) is 3. The number of likely N-dealkylation sites (tertiary alicyclic amines) is 1. The minimum absolute atomic E-state index is 0.270. The Kier molecular flexibility index (Phi) is 5.20. The molecule has 114 valence electrons. The van der Waals surface area contributed by atoms with Gasteiger partial charge >= 0.3 is 0 Å². The van der Waals surface area contributed by atoms with Crippen molar-refractivity contribution in [3.05, 3.63) is 30.3 Å². The summed E-state index contributed by atoms with van der Waals surface area (Å²) in [6.45, 7) is 3.92. The third kappa shape index (κ3) is 4.01. The predicted molar refractivity (Wildman–Crippen MR) is 87.4 cm³/mol. The van der Waals surface area contributed by atoms with Crippen LogP contribution in [0.25, 0.3) is 0 Å². The normalized spacial score (nSPS) is 23.4. The van der Waals surface area contributed by atoms with E-state index in [0.717, 1.165) is 51.2 Å². The summed E-state index contributed by atoms with van der Waals surface area (Å²) >= 11 is 1.92. The van der Waals surface area contributed by atoms with Gasteiger partial charge in [0.2, 0.25) is 5.91 Å². The molecule has 0 radical (unpaired) electrons. The molecule has 1 unspecified atom stereocenters. The van der Waals surface area contributed by atoms with Crippen LogP contribution < -0.4 is 5.32 Å². The predicted octanol–water partition coefficient (Wildman–Crippen LogP) is 2.63. The zero-order valence-corrected chi connectivity index (χ0v) is 13.3. The SMILES string of the molecule is O=C(C1CCNCC1)N1CCC(CSc2ccccc2)C1. The molecule has 4 heteroatoms. The summed E-state index contributed by atoms with van der Waals surface area (Å²) in [5, 5.41) is 3.33. The summed E-state index contributed by atoms with van der Waals surface area (Å²) in [5.41, 5.74) is 0. The average molecular weight is 304 g/mol. The Morgan fingerprint density at radius 1 is 1.19 bits per heavy atom. The zero-order chi connectivity index (χ0) is 14.5. The highest BCUT2D eigenvalue weighted by Gasteiger charge is 2.31. The van der Waals surface area contributed by atoms with Crippen LogP contribution in [-0.2, 0) is 4.79 Å². The highest BCUT2D eigenvalue weighted by Crippen LogP contribution is 2.27. The van der Waals surface area contributed by atoms with Crippen molar-refractivity contribution in [2.45, 2.75) is 24.2 Å². The molecule has 2 saturated heterocycles. The molecule has 0 aromatic heterocycles. The lowest BCUT2D eigenvalue weighted by Crippen LogP contribution is -2.40. The van der Waals surface area contributed by atoms with Crippen molar-refractivity contribution >= 4 is 17.7 Å². The van der Waals surface area contributed by atoms with Crippen molar-refractivity contribution in [1.82, 2.24) is 10.2 Å². The van der Waals surface area contributed by atoms with E-state index in [9.17, 15) is 4.79 Å². The summed E-state index contributed by atoms with van der Waals surface area (Å²) in [5.74, 6) is 2.45. The molecular weight excluding hydrogens is 280 g/mol. The van der Waals surface area contributed by atoms with Crippen LogP contribution in [-0.4, -0.2) is 42.7 Å². The number of hydrogen-bond donors (Lipinski definition) is 1. The molecular formula is C17H24N2OS. The van der Waals surface area contributed by atoms with E-state index in [0.29, 0.717) is 11.8 Å². The van der Waals surface area contributed by atoms with E-state index in [1.807, 2.05) is 11.8 Å². The van der Waals surface area contributed by atoms with Crippen LogP contribution in [0.2, 0.25) is 0 Å². The smallest absolute Gasteiger partial charge is 0.225 e. The lowest BCUT2D eigenvalue weighted by atomic mass is 9.97. The highest BCUT2D eigenvalue weighted by molar-refractivity contribution is 7.99. The van der Waals surface area contributed by atoms with Gasteiger partial charge in [0.05, 0.1) is 0 Å². The van der Waals surface area contributed by atoms with Gasteiger partial charge in [0.15, 0.2) is 0 Å². The van der Waals surface area contributed by atoms with E-state index in [4.69, 9.17) is 0 Å². The molecule has 0 aliphatic carbocycles. The lowest BCUT2D eigenvalue weighted by Gasteiger charge is -2.26. The van der Waals surface area contributed by atoms with Crippen molar-refractivity contribution in [1.29, 1.82) is 0 Å². The molecule has 0 saturated carbocycles. The molecule has 0 spiro atoms. The molecule has 1 N–H and O–H groups in total. The van der Waals surface area contributed by atoms with Gasteiger partial charge in [0.1, 0.15) is 0 Å². The number of nitrogens with one attached hydrogen (secondary N) is 1. The molecule has 1 aromatic carbocycles. The first-order valence-electron chi connectivity index (χ1n) is 8.00. The summed E-state index contributed by atoms with van der Waals surface area (Å²) in [4.78, 5) is 16.0. The standard InChI is InChI=1S/C17H24N2OS/c20-17(15-6-9-18-10-7-15)19-11-8-14(12-19)13-21-16-4-2-1-3-5-16/h1-5,14-15,18H,6-13H2. The maximum absolute atomic E-state index is 12.5. The molecule has 2 aliphatic rings. The van der Waals surface area contributed by atoms with E-state index in [1.54, 1.807) is 0 Å². The molecule has 1 amide bonds. The van der Waals surface area contributed by atoms with Crippen molar-refractivity contribution in [3.63, 3.8) is 0 Å². The van der Waals surface area contributed by atoms with Gasteiger partial charge in [-0.2, -0.15) is 0 Å². The Balaban J connectivity index is 1.45. The second-order valence-corrected chi connectivity index (χ2v) is 7.18. The molecule has 2 heterocycles. The minimum Gasteiger partial charge on any atom is -0.342 e. The van der Waals surface area contributed by atoms with Crippen LogP contribution in [0, 0.1) is 11.8 Å². The van der Waals surface area contributed by atoms with E-state index in [1.165, 1.54) is 4.90 Å². The van der Waals surface area contributed by atoms with Gasteiger partial charge in [0.25, 0.3) is 0 Å². The lowest BCUT2D eigenvalue weighted by molar-refractivity contribution is -0.135. The van der Waals surface area contributed by atoms with Gasteiger partial charge < -0.3 is 10.2 Å². The van der Waals surface area contributed by atoms with E-state index >= 15 is 0 Å². The molecule has 3 nitrogen and oxygen atoms in total. The van der Waals surface area contributed by atoms with Crippen LogP contribution in [0.4, 0.5) is 0 Å². The Hall–Kier alpha value is -1.00. The summed E-state index contributed by atoms with van der Waals surface area (Å²) in [6.07, 6.45) is 3.19. The van der Waals surface area contributed by atoms with Crippen molar-refractivity contribution in [2.24, 2.45) is 11.8 Å². The summed E-state index contributed by atoms with van der Waals surface area (Å²) < 4.78 is 0. The Bertz CT molecular complexity index is 459. The number of piperidine rings is 1. The fourth-order valence-electron chi connectivity index (χ4n) is 3.23. The quantitative estimate of drug-likeness (QED) is 0.868. The van der Waals surface area contributed by atoms with Crippen molar-refractivity contribution < 1.29 is 4.79 Å². The number of amides is 1. The van der Waals surface area contributed by atoms with Crippen LogP contribution in [0.5, 0.6) is 0 Å². The Morgan fingerprint density at radius 2 is 1.95 bits per heavy atom. The monoisotopic (exact) mass is 304 g/mol. The maximum atomic E-state index is 12.5. The van der Waals surface area contributed by atoms with Crippen LogP contribution >= 0.6 is 11.8 Å². The first-order chi connectivity index (χ1) is 10.3. The van der Waals surface area contributed by atoms with E-state index in [-0.39, 0.29) is 5.92 Å². The number of carbonyl (C=O) groups excluding carboxylic acids is 1. The fourth-order valence-corrected chi connectivity index (χ4v) is 4.28. The maximum Gasteiger partial charge on any atom is 0.225 e. The second-order valence-electron chi connectivity index (χ2n) is 6.09. The largest absolute Gasteiger partial charge is 0.342 e. The average Bonchev–Trinajstić information content (AvgIpc) is 3.03. The first kappa shape index (κ1) is 14.9. The fraction of sp³-hybridized carbons (Fsp3) is 0.588. The Labute approximate surface area is 131 Å². The van der Waals surface area contributed by atoms with E-state index in [2.05, 4.69) is 40.5 Å². The minimum atomic E-state index is 0.270. The van der Waals surface area contributed by atoms with Crippen LogP contribution in [0.3, 0.4) is 0 Å². The molecule has 1 aromatic rings. The third-order valence-electron chi connectivity index (χ3n) is 4.51. The zero-order valence-electron chi connectivity index (χ0n) is 12.5. The van der Waals surface area contributed by atoms with Crippen LogP contribution in [0.15, 0.2) is 35.2 Å². The van der Waals surface area contributed by atoms with Crippen LogP contribution in [0.1, 0.15) is 19.3 Å². The van der Waals surface area contributed by atoms with Gasteiger partial charge in [-0.3, -0.25) is 4.79 Å². The van der Waals surface area contributed by atoms with Gasteiger partial charge in [0, 0.05) is 29.7 Å².